The molecule has 0 aliphatic heterocycles. The van der Waals surface area contributed by atoms with E-state index >= 15 is 0 Å². The summed E-state index contributed by atoms with van der Waals surface area (Å²) in [7, 11) is 1.51. The summed E-state index contributed by atoms with van der Waals surface area (Å²) in [6.45, 7) is 0.912. The first-order valence-electron chi connectivity index (χ1n) is 10.6. The van der Waals surface area contributed by atoms with Crippen molar-refractivity contribution in [1.29, 1.82) is 0 Å². The molecule has 0 spiro atoms. The van der Waals surface area contributed by atoms with E-state index in [9.17, 15) is 9.18 Å². The molecule has 0 bridgehead atoms. The highest BCUT2D eigenvalue weighted by atomic mass is 19.1. The van der Waals surface area contributed by atoms with Crippen LogP contribution >= 0.6 is 0 Å². The van der Waals surface area contributed by atoms with Gasteiger partial charge in [0.2, 0.25) is 5.95 Å². The second-order valence-corrected chi connectivity index (χ2v) is 7.24. The van der Waals surface area contributed by atoms with Crippen molar-refractivity contribution in [3.8, 4) is 22.6 Å². The Morgan fingerprint density at radius 1 is 1.06 bits per heavy atom. The summed E-state index contributed by atoms with van der Waals surface area (Å²) >= 11 is 0. The average Bonchev–Trinajstić information content (AvgIpc) is 3.31. The summed E-state index contributed by atoms with van der Waals surface area (Å²) < 4.78 is 24.6. The van der Waals surface area contributed by atoms with Crippen LogP contribution < -0.4 is 5.32 Å². The number of carbonyl (C=O) groups excluding carboxylic acids is 1. The minimum absolute atomic E-state index is 0.0522. The van der Waals surface area contributed by atoms with Crippen molar-refractivity contribution in [2.45, 2.75) is 6.42 Å². The van der Waals surface area contributed by atoms with E-state index in [0.29, 0.717) is 35.1 Å². The highest BCUT2D eigenvalue weighted by molar-refractivity contribution is 5.84. The zero-order valence-electron chi connectivity index (χ0n) is 18.5. The molecule has 0 radical (unpaired) electrons. The number of methoxy groups -OCH3 is 1. The Hall–Kier alpha value is -4.18. The lowest BCUT2D eigenvalue weighted by molar-refractivity contribution is 0.0975. The first-order valence-corrected chi connectivity index (χ1v) is 10.6. The van der Waals surface area contributed by atoms with Crippen LogP contribution in [0.2, 0.25) is 0 Å². The lowest BCUT2D eigenvalue weighted by atomic mass is 10.1. The number of rotatable bonds is 9. The third-order valence-electron chi connectivity index (χ3n) is 4.91. The number of nitrogens with one attached hydrogen (secondary N) is 1. The Kier molecular flexibility index (Phi) is 7.51. The second kappa shape index (κ2) is 11.1. The van der Waals surface area contributed by atoms with Gasteiger partial charge in [-0.2, -0.15) is 0 Å². The first-order chi connectivity index (χ1) is 16.7. The number of benzene rings is 2. The van der Waals surface area contributed by atoms with Crippen molar-refractivity contribution < 1.29 is 18.7 Å². The molecule has 34 heavy (non-hydrogen) atoms. The van der Waals surface area contributed by atoms with Crippen LogP contribution in [0, 0.1) is 5.82 Å². The Balaban J connectivity index is 1.63. The third-order valence-corrected chi connectivity index (χ3v) is 4.91. The molecule has 0 saturated heterocycles. The molecule has 1 N–H and O–H groups in total. The van der Waals surface area contributed by atoms with Crippen molar-refractivity contribution in [3.05, 3.63) is 78.2 Å². The number of hydrogen-bond acceptors (Lipinski definition) is 8. The van der Waals surface area contributed by atoms with E-state index in [1.165, 1.54) is 24.8 Å². The molecule has 2 heterocycles. The smallest absolute Gasteiger partial charge is 0.436 e. The number of anilines is 1. The van der Waals surface area contributed by atoms with Crippen LogP contribution in [0.4, 0.5) is 15.1 Å². The van der Waals surface area contributed by atoms with Gasteiger partial charge in [-0.25, -0.2) is 19.2 Å². The summed E-state index contributed by atoms with van der Waals surface area (Å²) in [5.41, 5.74) is 2.83. The number of nitrogens with zero attached hydrogens (tertiary/aromatic N) is 5. The normalized spacial score (nSPS) is 10.8. The maximum absolute atomic E-state index is 13.5. The minimum Gasteiger partial charge on any atom is -0.445 e. The highest BCUT2D eigenvalue weighted by Crippen LogP contribution is 2.29. The molecule has 0 saturated carbocycles. The molecule has 0 atom stereocenters. The standard InChI is InChI=1S/C24H23FN6O3/c1-33-15-16-34-24(32)31-22(21(29-30-31)18-7-9-19(25)10-8-18)20-12-14-27-23(28-20)26-13-11-17-5-3-2-4-6-17/h2-10,12,14H,11,13,15-16H2,1H3,(H,26,27,28). The third kappa shape index (κ3) is 5.59. The van der Waals surface area contributed by atoms with E-state index in [1.807, 2.05) is 30.3 Å². The number of aromatic nitrogens is 5. The predicted molar refractivity (Wildman–Crippen MR) is 124 cm³/mol. The molecule has 0 aliphatic rings. The molecule has 0 unspecified atom stereocenters. The van der Waals surface area contributed by atoms with E-state index < -0.39 is 6.09 Å². The van der Waals surface area contributed by atoms with Gasteiger partial charge in [-0.3, -0.25) is 0 Å². The van der Waals surface area contributed by atoms with Gasteiger partial charge in [-0.05, 0) is 42.3 Å². The fraction of sp³-hybridized carbons (Fsp3) is 0.208. The van der Waals surface area contributed by atoms with Crippen LogP contribution in [-0.4, -0.2) is 57.9 Å². The highest BCUT2D eigenvalue weighted by Gasteiger charge is 2.23. The van der Waals surface area contributed by atoms with E-state index in [2.05, 4.69) is 25.6 Å². The molecule has 4 rings (SSSR count). The van der Waals surface area contributed by atoms with Crippen LogP contribution in [0.15, 0.2) is 66.9 Å². The van der Waals surface area contributed by atoms with Crippen LogP contribution in [0.1, 0.15) is 5.56 Å². The van der Waals surface area contributed by atoms with Gasteiger partial charge in [0.25, 0.3) is 0 Å². The van der Waals surface area contributed by atoms with Gasteiger partial charge < -0.3 is 14.8 Å². The molecule has 174 valence electrons. The molecular formula is C24H23FN6O3. The maximum atomic E-state index is 13.5. The Morgan fingerprint density at radius 3 is 2.62 bits per heavy atom. The van der Waals surface area contributed by atoms with E-state index in [1.54, 1.807) is 24.4 Å². The summed E-state index contributed by atoms with van der Waals surface area (Å²) in [6, 6.07) is 17.4. The molecular weight excluding hydrogens is 439 g/mol. The maximum Gasteiger partial charge on any atom is 0.436 e. The minimum atomic E-state index is -0.731. The lowest BCUT2D eigenvalue weighted by Crippen LogP contribution is -2.19. The molecule has 10 heteroatoms. The first kappa shape index (κ1) is 23.0. The molecule has 2 aromatic heterocycles. The predicted octanol–water partition coefficient (Wildman–Crippen LogP) is 3.83. The van der Waals surface area contributed by atoms with Crippen LogP contribution in [0.3, 0.4) is 0 Å². The topological polar surface area (TPSA) is 104 Å². The largest absolute Gasteiger partial charge is 0.445 e. The number of carbonyl (C=O) groups is 1. The van der Waals surface area contributed by atoms with Gasteiger partial charge in [0.1, 0.15) is 23.8 Å². The van der Waals surface area contributed by atoms with Crippen LogP contribution in [0.5, 0.6) is 0 Å². The van der Waals surface area contributed by atoms with Crippen molar-refractivity contribution in [2.24, 2.45) is 0 Å². The molecule has 0 amide bonds. The van der Waals surface area contributed by atoms with Crippen LogP contribution in [-0.2, 0) is 15.9 Å². The summed E-state index contributed by atoms with van der Waals surface area (Å²) in [5.74, 6) is 0.00240. The summed E-state index contributed by atoms with van der Waals surface area (Å²) in [4.78, 5) is 21.5. The quantitative estimate of drug-likeness (QED) is 0.374. The van der Waals surface area contributed by atoms with Gasteiger partial charge in [0.15, 0.2) is 0 Å². The monoisotopic (exact) mass is 462 g/mol. The van der Waals surface area contributed by atoms with Gasteiger partial charge in [0.05, 0.1) is 12.3 Å². The van der Waals surface area contributed by atoms with Crippen molar-refractivity contribution in [2.75, 3.05) is 32.2 Å². The number of ether oxygens (including phenoxy) is 2. The zero-order valence-corrected chi connectivity index (χ0v) is 18.5. The molecule has 0 aliphatic carbocycles. The summed E-state index contributed by atoms with van der Waals surface area (Å²) in [5, 5.41) is 11.3. The molecule has 0 fully saturated rings. The summed E-state index contributed by atoms with van der Waals surface area (Å²) in [6.07, 6.45) is 1.64. The van der Waals surface area contributed by atoms with E-state index in [-0.39, 0.29) is 19.0 Å². The zero-order chi connectivity index (χ0) is 23.8. The van der Waals surface area contributed by atoms with Crippen molar-refractivity contribution in [1.82, 2.24) is 25.0 Å². The van der Waals surface area contributed by atoms with Crippen molar-refractivity contribution in [3.63, 3.8) is 0 Å². The van der Waals surface area contributed by atoms with Crippen molar-refractivity contribution >= 4 is 12.0 Å². The Bertz CT molecular complexity index is 1230. The number of halogens is 1. The van der Waals surface area contributed by atoms with Crippen LogP contribution in [0.25, 0.3) is 22.6 Å². The Morgan fingerprint density at radius 2 is 1.85 bits per heavy atom. The second-order valence-electron chi connectivity index (χ2n) is 7.24. The van der Waals surface area contributed by atoms with Gasteiger partial charge in [0, 0.05) is 25.4 Å². The SMILES string of the molecule is COCCOC(=O)n1nnc(-c2ccc(F)cc2)c1-c1ccnc(NCCc2ccccc2)n1. The fourth-order valence-corrected chi connectivity index (χ4v) is 3.25. The van der Waals surface area contributed by atoms with Gasteiger partial charge in [-0.15, -0.1) is 9.78 Å². The lowest BCUT2D eigenvalue weighted by Gasteiger charge is -2.10. The number of hydrogen-bond donors (Lipinski definition) is 1. The van der Waals surface area contributed by atoms with Gasteiger partial charge >= 0.3 is 6.09 Å². The molecule has 4 aromatic rings. The molecule has 9 nitrogen and oxygen atoms in total. The van der Waals surface area contributed by atoms with Gasteiger partial charge in [-0.1, -0.05) is 35.5 Å². The molecule has 2 aromatic carbocycles. The average molecular weight is 462 g/mol. The van der Waals surface area contributed by atoms with E-state index in [0.717, 1.165) is 11.1 Å². The van der Waals surface area contributed by atoms with E-state index in [4.69, 9.17) is 9.47 Å². The fourth-order valence-electron chi connectivity index (χ4n) is 3.25. The Labute approximate surface area is 195 Å².